The molecule has 0 aliphatic carbocycles. The SMILES string of the molecule is Cc1cc(C(F)(F)F)c(C#N)c(C)[n+]1[O-]. The van der Waals surface area contributed by atoms with Crippen LogP contribution in [-0.4, -0.2) is 0 Å². The van der Waals surface area contributed by atoms with Crippen molar-refractivity contribution in [1.29, 1.82) is 5.26 Å². The van der Waals surface area contributed by atoms with Crippen LogP contribution in [0, 0.1) is 30.4 Å². The minimum Gasteiger partial charge on any atom is -0.618 e. The Labute approximate surface area is 84.0 Å². The predicted molar refractivity (Wildman–Crippen MR) is 44.6 cm³/mol. The molecule has 1 rings (SSSR count). The third kappa shape index (κ3) is 1.86. The Balaban J connectivity index is 3.62. The lowest BCUT2D eigenvalue weighted by Gasteiger charge is -2.12. The summed E-state index contributed by atoms with van der Waals surface area (Å²) >= 11 is 0. The topological polar surface area (TPSA) is 50.7 Å². The Hall–Kier alpha value is -1.77. The highest BCUT2D eigenvalue weighted by molar-refractivity contribution is 5.40. The number of rotatable bonds is 0. The zero-order valence-electron chi connectivity index (χ0n) is 8.01. The van der Waals surface area contributed by atoms with Crippen LogP contribution in [0.1, 0.15) is 22.5 Å². The van der Waals surface area contributed by atoms with Crippen LogP contribution in [0.15, 0.2) is 6.07 Å². The van der Waals surface area contributed by atoms with Gasteiger partial charge in [-0.15, -0.1) is 0 Å². The lowest BCUT2D eigenvalue weighted by atomic mass is 10.1. The van der Waals surface area contributed by atoms with Gasteiger partial charge in [-0.1, -0.05) is 0 Å². The van der Waals surface area contributed by atoms with Crippen molar-refractivity contribution in [3.63, 3.8) is 0 Å². The molecule has 0 N–H and O–H groups in total. The first-order valence-electron chi connectivity index (χ1n) is 4.00. The van der Waals surface area contributed by atoms with Crippen LogP contribution >= 0.6 is 0 Å². The molecule has 1 heterocycles. The Morgan fingerprint density at radius 2 is 1.93 bits per heavy atom. The van der Waals surface area contributed by atoms with Gasteiger partial charge in [0.25, 0.3) is 0 Å². The van der Waals surface area contributed by atoms with Crippen LogP contribution < -0.4 is 4.73 Å². The second kappa shape index (κ2) is 3.42. The fourth-order valence-corrected chi connectivity index (χ4v) is 1.27. The van der Waals surface area contributed by atoms with E-state index in [2.05, 4.69) is 0 Å². The van der Waals surface area contributed by atoms with E-state index in [-0.39, 0.29) is 11.4 Å². The molecular weight excluding hydrogens is 209 g/mol. The lowest BCUT2D eigenvalue weighted by Crippen LogP contribution is -2.36. The normalized spacial score (nSPS) is 11.2. The van der Waals surface area contributed by atoms with E-state index in [0.29, 0.717) is 10.8 Å². The van der Waals surface area contributed by atoms with E-state index < -0.39 is 17.3 Å². The third-order valence-corrected chi connectivity index (χ3v) is 2.03. The highest BCUT2D eigenvalue weighted by Gasteiger charge is 2.37. The zero-order chi connectivity index (χ0) is 11.8. The van der Waals surface area contributed by atoms with Gasteiger partial charge in [-0.3, -0.25) is 0 Å². The van der Waals surface area contributed by atoms with Gasteiger partial charge in [-0.05, 0) is 0 Å². The number of aromatic nitrogens is 1. The Morgan fingerprint density at radius 3 is 2.33 bits per heavy atom. The molecular formula is C9H7F3N2O. The third-order valence-electron chi connectivity index (χ3n) is 2.03. The standard InChI is InChI=1S/C9H7F3N2O/c1-5-3-8(9(10,11)12)7(4-13)6(2)14(5)15/h3H,1-2H3. The van der Waals surface area contributed by atoms with E-state index in [9.17, 15) is 18.4 Å². The second-order valence-electron chi connectivity index (χ2n) is 3.06. The molecule has 3 nitrogen and oxygen atoms in total. The fourth-order valence-electron chi connectivity index (χ4n) is 1.27. The highest BCUT2D eigenvalue weighted by atomic mass is 19.4. The van der Waals surface area contributed by atoms with Crippen molar-refractivity contribution in [2.45, 2.75) is 20.0 Å². The van der Waals surface area contributed by atoms with Crippen LogP contribution in [0.2, 0.25) is 0 Å². The monoisotopic (exact) mass is 216 g/mol. The van der Waals surface area contributed by atoms with Crippen molar-refractivity contribution < 1.29 is 17.9 Å². The first-order chi connectivity index (χ1) is 6.79. The summed E-state index contributed by atoms with van der Waals surface area (Å²) in [7, 11) is 0. The smallest absolute Gasteiger partial charge is 0.418 e. The van der Waals surface area contributed by atoms with Gasteiger partial charge >= 0.3 is 6.18 Å². The molecule has 80 valence electrons. The molecule has 1 aromatic heterocycles. The van der Waals surface area contributed by atoms with Gasteiger partial charge in [0.15, 0.2) is 5.69 Å². The van der Waals surface area contributed by atoms with E-state index in [1.165, 1.54) is 19.9 Å². The van der Waals surface area contributed by atoms with E-state index in [0.717, 1.165) is 0 Å². The maximum atomic E-state index is 12.5. The van der Waals surface area contributed by atoms with Crippen LogP contribution in [0.5, 0.6) is 0 Å². The molecule has 0 amide bonds. The van der Waals surface area contributed by atoms with Crippen molar-refractivity contribution in [3.8, 4) is 6.07 Å². The summed E-state index contributed by atoms with van der Waals surface area (Å²) in [6.45, 7) is 2.45. The van der Waals surface area contributed by atoms with Crippen molar-refractivity contribution >= 4 is 0 Å². The molecule has 0 fully saturated rings. The molecule has 0 aliphatic heterocycles. The minimum atomic E-state index is -4.62. The first-order valence-corrected chi connectivity index (χ1v) is 4.00. The average molecular weight is 216 g/mol. The Bertz CT molecular complexity index is 446. The second-order valence-corrected chi connectivity index (χ2v) is 3.06. The summed E-state index contributed by atoms with van der Waals surface area (Å²) in [5.74, 6) is 0. The van der Waals surface area contributed by atoms with E-state index in [1.54, 1.807) is 0 Å². The number of nitrogens with zero attached hydrogens (tertiary/aromatic N) is 2. The van der Waals surface area contributed by atoms with Gasteiger partial charge < -0.3 is 5.21 Å². The molecule has 6 heteroatoms. The molecule has 0 unspecified atom stereocenters. The number of halogens is 3. The summed E-state index contributed by atoms with van der Waals surface area (Å²) in [4.78, 5) is 0. The van der Waals surface area contributed by atoms with E-state index in [1.807, 2.05) is 0 Å². The molecule has 0 spiro atoms. The first kappa shape index (κ1) is 11.3. The summed E-state index contributed by atoms with van der Waals surface area (Å²) in [6.07, 6.45) is -4.62. The van der Waals surface area contributed by atoms with Gasteiger partial charge in [0.2, 0.25) is 5.69 Å². The van der Waals surface area contributed by atoms with Crippen LogP contribution in [0.3, 0.4) is 0 Å². The minimum absolute atomic E-state index is 0.0844. The number of nitriles is 1. The molecule has 0 saturated heterocycles. The Kier molecular flexibility index (Phi) is 2.58. The van der Waals surface area contributed by atoms with Gasteiger partial charge in [0, 0.05) is 19.9 Å². The number of hydrogen-bond acceptors (Lipinski definition) is 2. The predicted octanol–water partition coefficient (Wildman–Crippen LogP) is 1.83. The number of pyridine rings is 1. The van der Waals surface area contributed by atoms with Crippen molar-refractivity contribution in [2.75, 3.05) is 0 Å². The maximum absolute atomic E-state index is 12.5. The molecule has 0 atom stereocenters. The largest absolute Gasteiger partial charge is 0.618 e. The van der Waals surface area contributed by atoms with Gasteiger partial charge in [-0.25, -0.2) is 0 Å². The zero-order valence-corrected chi connectivity index (χ0v) is 8.01. The van der Waals surface area contributed by atoms with Crippen molar-refractivity contribution in [1.82, 2.24) is 0 Å². The molecule has 0 bridgehead atoms. The lowest BCUT2D eigenvalue weighted by molar-refractivity contribution is -0.619. The summed E-state index contributed by atoms with van der Waals surface area (Å²) in [6, 6.07) is 2.08. The molecule has 0 aromatic carbocycles. The molecule has 0 radical (unpaired) electrons. The number of alkyl halides is 3. The van der Waals surface area contributed by atoms with Crippen molar-refractivity contribution in [2.24, 2.45) is 0 Å². The molecule has 1 aromatic rings. The van der Waals surface area contributed by atoms with Crippen LogP contribution in [-0.2, 0) is 6.18 Å². The number of aryl methyl sites for hydroxylation is 1. The molecule has 0 aliphatic rings. The van der Waals surface area contributed by atoms with Gasteiger partial charge in [0.05, 0.1) is 5.56 Å². The average Bonchev–Trinajstić information content (AvgIpc) is 2.12. The molecule has 15 heavy (non-hydrogen) atoms. The summed E-state index contributed by atoms with van der Waals surface area (Å²) in [5.41, 5.74) is -2.00. The summed E-state index contributed by atoms with van der Waals surface area (Å²) in [5, 5.41) is 19.8. The number of hydrogen-bond donors (Lipinski definition) is 0. The van der Waals surface area contributed by atoms with Crippen molar-refractivity contribution in [3.05, 3.63) is 33.8 Å². The van der Waals surface area contributed by atoms with Crippen LogP contribution in [0.25, 0.3) is 0 Å². The maximum Gasteiger partial charge on any atom is 0.418 e. The molecule has 0 saturated carbocycles. The summed E-state index contributed by atoms with van der Waals surface area (Å²) < 4.78 is 37.7. The van der Waals surface area contributed by atoms with E-state index >= 15 is 0 Å². The Morgan fingerprint density at radius 1 is 1.40 bits per heavy atom. The van der Waals surface area contributed by atoms with Crippen LogP contribution in [0.4, 0.5) is 13.2 Å². The highest BCUT2D eigenvalue weighted by Crippen LogP contribution is 2.32. The van der Waals surface area contributed by atoms with Gasteiger partial charge in [0.1, 0.15) is 11.6 Å². The van der Waals surface area contributed by atoms with Gasteiger partial charge in [-0.2, -0.15) is 23.2 Å². The fraction of sp³-hybridized carbons (Fsp3) is 0.333. The van der Waals surface area contributed by atoms with E-state index in [4.69, 9.17) is 5.26 Å². The quantitative estimate of drug-likeness (QED) is 0.490.